The van der Waals surface area contributed by atoms with Crippen LogP contribution in [0, 0.1) is 6.92 Å². The van der Waals surface area contributed by atoms with Gasteiger partial charge in [-0.1, -0.05) is 18.2 Å². The van der Waals surface area contributed by atoms with Crippen molar-refractivity contribution in [2.24, 2.45) is 0 Å². The van der Waals surface area contributed by atoms with Crippen molar-refractivity contribution in [2.45, 2.75) is 32.7 Å². The lowest BCUT2D eigenvalue weighted by atomic mass is 10.0. The van der Waals surface area contributed by atoms with Gasteiger partial charge in [0.2, 0.25) is 5.88 Å². The third-order valence-electron chi connectivity index (χ3n) is 6.09. The van der Waals surface area contributed by atoms with Gasteiger partial charge in [-0.05, 0) is 68.9 Å². The van der Waals surface area contributed by atoms with Crippen LogP contribution in [0.15, 0.2) is 48.9 Å². The lowest BCUT2D eigenvalue weighted by Gasteiger charge is -2.19. The fourth-order valence-corrected chi connectivity index (χ4v) is 4.35. The number of anilines is 1. The molecule has 0 aliphatic carbocycles. The first-order chi connectivity index (χ1) is 15.7. The molecule has 3 aromatic heterocycles. The molecule has 0 amide bonds. The maximum atomic E-state index is 6.25. The van der Waals surface area contributed by atoms with Gasteiger partial charge in [0, 0.05) is 18.1 Å². The van der Waals surface area contributed by atoms with Crippen LogP contribution >= 0.6 is 0 Å². The molecule has 1 atom stereocenters. The van der Waals surface area contributed by atoms with Crippen molar-refractivity contribution in [3.05, 3.63) is 60.2 Å². The Hall–Kier alpha value is -3.32. The Kier molecular flexibility index (Phi) is 5.81. The van der Waals surface area contributed by atoms with Gasteiger partial charge < -0.3 is 10.1 Å². The molecule has 1 saturated heterocycles. The Balaban J connectivity index is 1.43. The molecule has 5 rings (SSSR count). The van der Waals surface area contributed by atoms with Crippen LogP contribution in [0.3, 0.4) is 0 Å². The van der Waals surface area contributed by atoms with Crippen molar-refractivity contribution >= 4 is 27.6 Å². The fraction of sp³-hybridized carbons (Fsp3) is 0.360. The number of likely N-dealkylation sites (tertiary alicyclic amines) is 1. The number of pyridine rings is 2. The summed E-state index contributed by atoms with van der Waals surface area (Å²) in [6, 6.07) is 12.2. The van der Waals surface area contributed by atoms with Gasteiger partial charge in [0.05, 0.1) is 17.3 Å². The standard InChI is InChI=1S/C25H28N6O/c1-17-7-5-8-19-15-21(30-25(22(17)19)32-14-13-31-11-3-4-12-31)18(2)29-24-23-20(27-16-28-24)9-6-10-26-23/h5-10,15-16,18H,3-4,11-14H2,1-2H3,(H,27,28,29)/t18-/m0/s1. The van der Waals surface area contributed by atoms with E-state index >= 15 is 0 Å². The molecular formula is C25H28N6O. The monoisotopic (exact) mass is 428 g/mol. The zero-order valence-electron chi connectivity index (χ0n) is 18.6. The number of nitrogens with one attached hydrogen (secondary N) is 1. The molecule has 4 aromatic rings. The molecule has 4 heterocycles. The Bertz CT molecular complexity index is 1230. The van der Waals surface area contributed by atoms with Gasteiger partial charge in [0.15, 0.2) is 5.82 Å². The Labute approximate surface area is 187 Å². The number of hydrogen-bond acceptors (Lipinski definition) is 7. The van der Waals surface area contributed by atoms with Crippen LogP contribution < -0.4 is 10.1 Å². The van der Waals surface area contributed by atoms with Crippen LogP contribution in [0.1, 0.15) is 37.1 Å². The van der Waals surface area contributed by atoms with E-state index in [9.17, 15) is 0 Å². The second-order valence-corrected chi connectivity index (χ2v) is 8.38. The van der Waals surface area contributed by atoms with Gasteiger partial charge in [-0.2, -0.15) is 0 Å². The van der Waals surface area contributed by atoms with Crippen LogP contribution in [0.25, 0.3) is 21.8 Å². The highest BCUT2D eigenvalue weighted by Gasteiger charge is 2.17. The smallest absolute Gasteiger partial charge is 0.221 e. The number of aromatic nitrogens is 4. The van der Waals surface area contributed by atoms with Crippen molar-refractivity contribution < 1.29 is 4.74 Å². The summed E-state index contributed by atoms with van der Waals surface area (Å²) in [4.78, 5) is 20.6. The Morgan fingerprint density at radius 1 is 1.09 bits per heavy atom. The van der Waals surface area contributed by atoms with Crippen LogP contribution in [-0.2, 0) is 0 Å². The number of benzene rings is 1. The van der Waals surface area contributed by atoms with E-state index in [-0.39, 0.29) is 6.04 Å². The zero-order valence-corrected chi connectivity index (χ0v) is 18.6. The van der Waals surface area contributed by atoms with E-state index in [0.717, 1.165) is 34.0 Å². The molecule has 0 unspecified atom stereocenters. The molecule has 7 heteroatoms. The lowest BCUT2D eigenvalue weighted by Crippen LogP contribution is -2.25. The van der Waals surface area contributed by atoms with Gasteiger partial charge in [0.1, 0.15) is 18.5 Å². The first-order valence-electron chi connectivity index (χ1n) is 11.3. The molecule has 0 saturated carbocycles. The highest BCUT2D eigenvalue weighted by Crippen LogP contribution is 2.31. The Morgan fingerprint density at radius 3 is 2.84 bits per heavy atom. The molecule has 0 bridgehead atoms. The van der Waals surface area contributed by atoms with E-state index in [2.05, 4.69) is 63.3 Å². The third kappa shape index (κ3) is 4.21. The number of nitrogens with zero attached hydrogens (tertiary/aromatic N) is 5. The summed E-state index contributed by atoms with van der Waals surface area (Å²) < 4.78 is 6.25. The molecule has 0 spiro atoms. The average molecular weight is 429 g/mol. The van der Waals surface area contributed by atoms with E-state index in [1.165, 1.54) is 31.5 Å². The molecule has 0 radical (unpaired) electrons. The van der Waals surface area contributed by atoms with Gasteiger partial charge >= 0.3 is 0 Å². The van der Waals surface area contributed by atoms with Gasteiger partial charge in [-0.15, -0.1) is 0 Å². The van der Waals surface area contributed by atoms with E-state index in [1.807, 2.05) is 12.1 Å². The minimum atomic E-state index is -0.0825. The predicted molar refractivity (Wildman–Crippen MR) is 127 cm³/mol. The molecule has 7 nitrogen and oxygen atoms in total. The first kappa shape index (κ1) is 20.6. The topological polar surface area (TPSA) is 76.1 Å². The average Bonchev–Trinajstić information content (AvgIpc) is 3.33. The van der Waals surface area contributed by atoms with E-state index in [4.69, 9.17) is 9.72 Å². The van der Waals surface area contributed by atoms with E-state index in [1.54, 1.807) is 12.5 Å². The number of aryl methyl sites for hydroxylation is 1. The number of fused-ring (bicyclic) bond motifs is 2. The zero-order chi connectivity index (χ0) is 21.9. The maximum absolute atomic E-state index is 6.25. The quantitative estimate of drug-likeness (QED) is 0.463. The summed E-state index contributed by atoms with van der Waals surface area (Å²) in [5.41, 5.74) is 3.64. The second-order valence-electron chi connectivity index (χ2n) is 8.38. The van der Waals surface area contributed by atoms with Crippen LogP contribution in [0.2, 0.25) is 0 Å². The number of hydrogen-bond donors (Lipinski definition) is 1. The maximum Gasteiger partial charge on any atom is 0.221 e. The van der Waals surface area contributed by atoms with Crippen molar-refractivity contribution in [2.75, 3.05) is 31.6 Å². The summed E-state index contributed by atoms with van der Waals surface area (Å²) >= 11 is 0. The molecule has 32 heavy (non-hydrogen) atoms. The molecule has 1 N–H and O–H groups in total. The molecule has 1 aliphatic rings. The molecule has 1 aromatic carbocycles. The summed E-state index contributed by atoms with van der Waals surface area (Å²) in [6.45, 7) is 8.09. The van der Waals surface area contributed by atoms with Gasteiger partial charge in [-0.3, -0.25) is 9.88 Å². The van der Waals surface area contributed by atoms with Crippen molar-refractivity contribution in [1.82, 2.24) is 24.8 Å². The second kappa shape index (κ2) is 9.04. The normalized spacial score (nSPS) is 15.3. The van der Waals surface area contributed by atoms with Crippen molar-refractivity contribution in [3.63, 3.8) is 0 Å². The fourth-order valence-electron chi connectivity index (χ4n) is 4.35. The number of rotatable bonds is 7. The Morgan fingerprint density at radius 2 is 1.97 bits per heavy atom. The lowest BCUT2D eigenvalue weighted by molar-refractivity contribution is 0.233. The summed E-state index contributed by atoms with van der Waals surface area (Å²) in [7, 11) is 0. The predicted octanol–water partition coefficient (Wildman–Crippen LogP) is 4.53. The van der Waals surface area contributed by atoms with Crippen LogP contribution in [-0.4, -0.2) is 51.1 Å². The summed E-state index contributed by atoms with van der Waals surface area (Å²) in [5.74, 6) is 1.40. The van der Waals surface area contributed by atoms with Gasteiger partial charge in [0.25, 0.3) is 0 Å². The largest absolute Gasteiger partial charge is 0.476 e. The van der Waals surface area contributed by atoms with Gasteiger partial charge in [-0.25, -0.2) is 15.0 Å². The first-order valence-corrected chi connectivity index (χ1v) is 11.3. The highest BCUT2D eigenvalue weighted by molar-refractivity contribution is 5.90. The molecule has 1 fully saturated rings. The third-order valence-corrected chi connectivity index (χ3v) is 6.09. The van der Waals surface area contributed by atoms with Crippen LogP contribution in [0.4, 0.5) is 5.82 Å². The summed E-state index contributed by atoms with van der Waals surface area (Å²) in [5, 5.41) is 5.68. The minimum Gasteiger partial charge on any atom is -0.476 e. The minimum absolute atomic E-state index is 0.0825. The molecule has 1 aliphatic heterocycles. The number of ether oxygens (including phenoxy) is 1. The van der Waals surface area contributed by atoms with Crippen molar-refractivity contribution in [1.29, 1.82) is 0 Å². The molecule has 164 valence electrons. The van der Waals surface area contributed by atoms with Crippen LogP contribution in [0.5, 0.6) is 5.88 Å². The van der Waals surface area contributed by atoms with E-state index in [0.29, 0.717) is 18.3 Å². The summed E-state index contributed by atoms with van der Waals surface area (Å²) in [6.07, 6.45) is 5.88. The highest BCUT2D eigenvalue weighted by atomic mass is 16.5. The SMILES string of the molecule is Cc1cccc2cc([C@H](C)Nc3ncnc4cccnc34)nc(OCCN3CCCC3)c12. The van der Waals surface area contributed by atoms with E-state index < -0.39 is 0 Å². The molecular weight excluding hydrogens is 400 g/mol. The van der Waals surface area contributed by atoms with Crippen molar-refractivity contribution in [3.8, 4) is 5.88 Å².